The molecule has 1 aliphatic rings. The molecule has 0 radical (unpaired) electrons. The molecule has 4 aromatic rings. The van der Waals surface area contributed by atoms with Crippen molar-refractivity contribution in [3.8, 4) is 5.75 Å². The first kappa shape index (κ1) is 21.8. The molecule has 1 atom stereocenters. The van der Waals surface area contributed by atoms with E-state index in [1.165, 1.54) is 30.2 Å². The number of ketones is 1. The van der Waals surface area contributed by atoms with Crippen molar-refractivity contribution in [2.45, 2.75) is 13.0 Å². The van der Waals surface area contributed by atoms with Crippen LogP contribution in [0.15, 0.2) is 72.3 Å². The van der Waals surface area contributed by atoms with Crippen LogP contribution in [-0.4, -0.2) is 28.9 Å². The van der Waals surface area contributed by atoms with Crippen molar-refractivity contribution >= 4 is 44.1 Å². The SMILES string of the molecule is COc1cccc(C(O)=C2C(=O)C(=O)N(c3nc4ccc(F)cc4s3)C2c2ccc(C)cc2)c1. The molecule has 0 aliphatic carbocycles. The zero-order chi connectivity index (χ0) is 24.0. The van der Waals surface area contributed by atoms with Gasteiger partial charge in [-0.2, -0.15) is 0 Å². The Morgan fingerprint density at radius 3 is 2.59 bits per heavy atom. The molecule has 6 nitrogen and oxygen atoms in total. The molecule has 8 heteroatoms. The van der Waals surface area contributed by atoms with Crippen LogP contribution in [0.25, 0.3) is 16.0 Å². The predicted molar refractivity (Wildman–Crippen MR) is 129 cm³/mol. The van der Waals surface area contributed by atoms with Crippen LogP contribution in [0.3, 0.4) is 0 Å². The highest BCUT2D eigenvalue weighted by atomic mass is 32.1. The van der Waals surface area contributed by atoms with Gasteiger partial charge < -0.3 is 9.84 Å². The van der Waals surface area contributed by atoms with Gasteiger partial charge in [-0.25, -0.2) is 9.37 Å². The number of aliphatic hydroxyl groups excluding tert-OH is 1. The highest BCUT2D eigenvalue weighted by molar-refractivity contribution is 7.22. The third kappa shape index (κ3) is 3.62. The average Bonchev–Trinajstić information content (AvgIpc) is 3.37. The van der Waals surface area contributed by atoms with Crippen LogP contribution in [-0.2, 0) is 9.59 Å². The van der Waals surface area contributed by atoms with Crippen LogP contribution in [0.5, 0.6) is 5.75 Å². The lowest BCUT2D eigenvalue weighted by molar-refractivity contribution is -0.132. The third-order valence-corrected chi connectivity index (χ3v) is 6.74. The summed E-state index contributed by atoms with van der Waals surface area (Å²) in [7, 11) is 1.50. The Balaban J connectivity index is 1.73. The number of nitrogens with zero attached hydrogens (tertiary/aromatic N) is 2. The fraction of sp³-hybridized carbons (Fsp3) is 0.115. The molecule has 2 heterocycles. The first-order chi connectivity index (χ1) is 16.4. The quantitative estimate of drug-likeness (QED) is 0.244. The molecular weight excluding hydrogens is 455 g/mol. The largest absolute Gasteiger partial charge is 0.507 e. The lowest BCUT2D eigenvalue weighted by Gasteiger charge is -2.23. The van der Waals surface area contributed by atoms with Crippen LogP contribution in [0.1, 0.15) is 22.7 Å². The van der Waals surface area contributed by atoms with Gasteiger partial charge in [0.1, 0.15) is 17.3 Å². The van der Waals surface area contributed by atoms with Gasteiger partial charge in [0, 0.05) is 5.56 Å². The zero-order valence-corrected chi connectivity index (χ0v) is 19.1. The maximum atomic E-state index is 13.8. The van der Waals surface area contributed by atoms with Gasteiger partial charge in [-0.1, -0.05) is 53.3 Å². The number of aliphatic hydroxyl groups is 1. The van der Waals surface area contributed by atoms with E-state index in [0.29, 0.717) is 27.1 Å². The summed E-state index contributed by atoms with van der Waals surface area (Å²) in [6, 6.07) is 17.2. The minimum atomic E-state index is -0.905. The summed E-state index contributed by atoms with van der Waals surface area (Å²) in [4.78, 5) is 32.3. The summed E-state index contributed by atoms with van der Waals surface area (Å²) in [5.41, 5.74) is 2.45. The van der Waals surface area contributed by atoms with Gasteiger partial charge in [-0.15, -0.1) is 0 Å². The first-order valence-corrected chi connectivity index (χ1v) is 11.3. The maximum absolute atomic E-state index is 13.8. The maximum Gasteiger partial charge on any atom is 0.301 e. The topological polar surface area (TPSA) is 79.7 Å². The molecule has 0 bridgehead atoms. The molecule has 34 heavy (non-hydrogen) atoms. The molecule has 5 rings (SSSR count). The zero-order valence-electron chi connectivity index (χ0n) is 18.3. The van der Waals surface area contributed by atoms with Crippen LogP contribution in [0, 0.1) is 12.7 Å². The fourth-order valence-corrected chi connectivity index (χ4v) is 5.03. The number of aromatic nitrogens is 1. The smallest absolute Gasteiger partial charge is 0.301 e. The number of hydrogen-bond acceptors (Lipinski definition) is 6. The number of carbonyl (C=O) groups is 2. The molecule has 1 amide bonds. The fourth-order valence-electron chi connectivity index (χ4n) is 4.01. The Hall–Kier alpha value is -4.04. The van der Waals surface area contributed by atoms with E-state index in [1.807, 2.05) is 31.2 Å². The van der Waals surface area contributed by atoms with E-state index >= 15 is 0 Å². The van der Waals surface area contributed by atoms with Gasteiger partial charge in [0.15, 0.2) is 5.13 Å². The van der Waals surface area contributed by atoms with Crippen molar-refractivity contribution in [3.63, 3.8) is 0 Å². The molecule has 1 saturated heterocycles. The molecule has 1 N–H and O–H groups in total. The number of anilines is 1. The van der Waals surface area contributed by atoms with E-state index in [0.717, 1.165) is 16.9 Å². The number of amides is 1. The number of hydrogen-bond donors (Lipinski definition) is 1. The summed E-state index contributed by atoms with van der Waals surface area (Å²) in [6.07, 6.45) is 0. The highest BCUT2D eigenvalue weighted by Crippen LogP contribution is 2.44. The number of Topliss-reactive ketones (excluding diaryl/α,β-unsaturated/α-hetero) is 1. The average molecular weight is 475 g/mol. The number of methoxy groups -OCH3 is 1. The second-order valence-corrected chi connectivity index (χ2v) is 8.93. The van der Waals surface area contributed by atoms with Crippen molar-refractivity contribution < 1.29 is 23.8 Å². The number of thiazole rings is 1. The Bertz CT molecular complexity index is 1480. The van der Waals surface area contributed by atoms with Gasteiger partial charge in [-0.05, 0) is 42.8 Å². The van der Waals surface area contributed by atoms with Crippen molar-refractivity contribution in [1.29, 1.82) is 0 Å². The van der Waals surface area contributed by atoms with Gasteiger partial charge in [0.05, 0.1) is 28.9 Å². The highest BCUT2D eigenvalue weighted by Gasteiger charge is 2.48. The van der Waals surface area contributed by atoms with Gasteiger partial charge in [0.25, 0.3) is 5.78 Å². The number of ether oxygens (including phenoxy) is 1. The molecule has 3 aromatic carbocycles. The number of rotatable bonds is 4. The Kier molecular flexibility index (Phi) is 5.37. The van der Waals surface area contributed by atoms with Gasteiger partial charge in [0.2, 0.25) is 0 Å². The Labute approximate surface area is 198 Å². The second kappa shape index (κ2) is 8.39. The standard InChI is InChI=1S/C26H19FN2O4S/c1-14-6-8-15(9-7-14)22-21(23(30)16-4-3-5-18(12-16)33-2)24(31)25(32)29(22)26-28-19-11-10-17(27)13-20(19)34-26/h3-13,22,30H,1-2H3. The molecule has 1 aliphatic heterocycles. The minimum absolute atomic E-state index is 0.0486. The summed E-state index contributed by atoms with van der Waals surface area (Å²) >= 11 is 1.11. The number of aryl methyl sites for hydroxylation is 1. The van der Waals surface area contributed by atoms with Gasteiger partial charge >= 0.3 is 5.91 Å². The van der Waals surface area contributed by atoms with E-state index in [2.05, 4.69) is 4.98 Å². The van der Waals surface area contributed by atoms with E-state index < -0.39 is 23.5 Å². The van der Waals surface area contributed by atoms with E-state index in [1.54, 1.807) is 24.3 Å². The predicted octanol–water partition coefficient (Wildman–Crippen LogP) is 5.38. The first-order valence-electron chi connectivity index (χ1n) is 10.5. The lowest BCUT2D eigenvalue weighted by atomic mass is 9.95. The van der Waals surface area contributed by atoms with Crippen molar-refractivity contribution in [3.05, 3.63) is 94.8 Å². The van der Waals surface area contributed by atoms with Crippen LogP contribution >= 0.6 is 11.3 Å². The summed E-state index contributed by atoms with van der Waals surface area (Å²) in [5, 5.41) is 11.5. The molecule has 1 aromatic heterocycles. The summed E-state index contributed by atoms with van der Waals surface area (Å²) < 4.78 is 19.5. The number of fused-ring (bicyclic) bond motifs is 1. The normalized spacial score (nSPS) is 17.5. The molecule has 1 unspecified atom stereocenters. The van der Waals surface area contributed by atoms with Crippen LogP contribution < -0.4 is 9.64 Å². The third-order valence-electron chi connectivity index (χ3n) is 5.73. The number of benzene rings is 3. The van der Waals surface area contributed by atoms with Crippen LogP contribution in [0.4, 0.5) is 9.52 Å². The monoisotopic (exact) mass is 474 g/mol. The Morgan fingerprint density at radius 1 is 1.09 bits per heavy atom. The molecule has 0 spiro atoms. The number of halogens is 1. The molecule has 1 fully saturated rings. The van der Waals surface area contributed by atoms with Gasteiger partial charge in [-0.3, -0.25) is 14.5 Å². The summed E-state index contributed by atoms with van der Waals surface area (Å²) in [6.45, 7) is 1.93. The van der Waals surface area contributed by atoms with E-state index in [-0.39, 0.29) is 16.5 Å². The molecule has 0 saturated carbocycles. The van der Waals surface area contributed by atoms with Crippen molar-refractivity contribution in [2.75, 3.05) is 12.0 Å². The Morgan fingerprint density at radius 2 is 1.85 bits per heavy atom. The number of carbonyl (C=O) groups excluding carboxylic acids is 2. The molecular formula is C26H19FN2O4S. The van der Waals surface area contributed by atoms with Crippen molar-refractivity contribution in [2.24, 2.45) is 0 Å². The van der Waals surface area contributed by atoms with E-state index in [9.17, 15) is 19.1 Å². The summed E-state index contributed by atoms with van der Waals surface area (Å²) in [5.74, 6) is -1.86. The minimum Gasteiger partial charge on any atom is -0.507 e. The van der Waals surface area contributed by atoms with E-state index in [4.69, 9.17) is 4.74 Å². The molecule has 170 valence electrons. The lowest BCUT2D eigenvalue weighted by Crippen LogP contribution is -2.29. The van der Waals surface area contributed by atoms with Crippen LogP contribution in [0.2, 0.25) is 0 Å². The van der Waals surface area contributed by atoms with Crippen molar-refractivity contribution in [1.82, 2.24) is 4.98 Å². The second-order valence-electron chi connectivity index (χ2n) is 7.92.